The molecule has 0 aliphatic heterocycles. The number of para-hydroxylation sites is 1. The van der Waals surface area contributed by atoms with Gasteiger partial charge in [0.2, 0.25) is 0 Å². The minimum Gasteiger partial charge on any atom is -0.506 e. The Hall–Kier alpha value is -2.48. The number of phenolic OH excluding ortho intramolecular Hbond substituents is 1. The van der Waals surface area contributed by atoms with Gasteiger partial charge in [0, 0.05) is 11.1 Å². The molecule has 19 heavy (non-hydrogen) atoms. The van der Waals surface area contributed by atoms with Crippen molar-refractivity contribution >= 4 is 22.1 Å². The third-order valence-electron chi connectivity index (χ3n) is 3.31. The van der Waals surface area contributed by atoms with Crippen LogP contribution >= 0.6 is 0 Å². The van der Waals surface area contributed by atoms with Crippen LogP contribution < -0.4 is 5.32 Å². The SMILES string of the molecule is Cc1ccccc1Nc1c(O)ccc2ccccc12. The fourth-order valence-electron chi connectivity index (χ4n) is 2.24. The Morgan fingerprint density at radius 1 is 0.842 bits per heavy atom. The van der Waals surface area contributed by atoms with Gasteiger partial charge >= 0.3 is 0 Å². The second kappa shape index (κ2) is 4.65. The molecule has 0 unspecified atom stereocenters. The molecule has 3 rings (SSSR count). The molecule has 0 aromatic heterocycles. The summed E-state index contributed by atoms with van der Waals surface area (Å²) in [7, 11) is 0. The normalized spacial score (nSPS) is 10.6. The third kappa shape index (κ3) is 2.13. The first-order valence-corrected chi connectivity index (χ1v) is 6.29. The molecule has 0 saturated carbocycles. The van der Waals surface area contributed by atoms with E-state index in [0.29, 0.717) is 0 Å². The summed E-state index contributed by atoms with van der Waals surface area (Å²) >= 11 is 0. The van der Waals surface area contributed by atoms with Crippen molar-refractivity contribution < 1.29 is 5.11 Å². The summed E-state index contributed by atoms with van der Waals surface area (Å²) in [5.41, 5.74) is 2.91. The van der Waals surface area contributed by atoms with Crippen LogP contribution in [0.25, 0.3) is 10.8 Å². The molecular weight excluding hydrogens is 234 g/mol. The summed E-state index contributed by atoms with van der Waals surface area (Å²) in [4.78, 5) is 0. The second-order valence-corrected chi connectivity index (χ2v) is 4.62. The van der Waals surface area contributed by atoms with Crippen molar-refractivity contribution in [1.29, 1.82) is 0 Å². The van der Waals surface area contributed by atoms with Crippen LogP contribution in [0.1, 0.15) is 5.56 Å². The summed E-state index contributed by atoms with van der Waals surface area (Å²) in [5, 5.41) is 15.6. The van der Waals surface area contributed by atoms with E-state index in [9.17, 15) is 5.11 Å². The van der Waals surface area contributed by atoms with Gasteiger partial charge in [0.05, 0.1) is 5.69 Å². The average molecular weight is 249 g/mol. The first kappa shape index (κ1) is 11.6. The Morgan fingerprint density at radius 3 is 2.42 bits per heavy atom. The standard InChI is InChI=1S/C17H15NO/c1-12-6-2-5-9-15(12)18-17-14-8-4-3-7-13(14)10-11-16(17)19/h2-11,18-19H,1H3. The van der Waals surface area contributed by atoms with Crippen LogP contribution in [0.3, 0.4) is 0 Å². The van der Waals surface area contributed by atoms with E-state index < -0.39 is 0 Å². The lowest BCUT2D eigenvalue weighted by molar-refractivity contribution is 0.478. The van der Waals surface area contributed by atoms with Gasteiger partial charge in [-0.3, -0.25) is 0 Å². The predicted octanol–water partition coefficient (Wildman–Crippen LogP) is 4.60. The van der Waals surface area contributed by atoms with Crippen molar-refractivity contribution in [3.8, 4) is 5.75 Å². The average Bonchev–Trinajstić information content (AvgIpc) is 2.44. The number of aryl methyl sites for hydroxylation is 1. The van der Waals surface area contributed by atoms with E-state index >= 15 is 0 Å². The minimum absolute atomic E-state index is 0.266. The van der Waals surface area contributed by atoms with E-state index in [-0.39, 0.29) is 5.75 Å². The molecule has 0 saturated heterocycles. The van der Waals surface area contributed by atoms with Crippen LogP contribution in [-0.2, 0) is 0 Å². The topological polar surface area (TPSA) is 32.3 Å². The van der Waals surface area contributed by atoms with Gasteiger partial charge in [-0.25, -0.2) is 0 Å². The predicted molar refractivity (Wildman–Crippen MR) is 80.1 cm³/mol. The molecular formula is C17H15NO. The van der Waals surface area contributed by atoms with Crippen LogP contribution in [0.4, 0.5) is 11.4 Å². The van der Waals surface area contributed by atoms with Gasteiger partial charge in [-0.2, -0.15) is 0 Å². The number of phenols is 1. The minimum atomic E-state index is 0.266. The van der Waals surface area contributed by atoms with Crippen LogP contribution in [0, 0.1) is 6.92 Å². The lowest BCUT2D eigenvalue weighted by Gasteiger charge is -2.13. The Balaban J connectivity index is 2.15. The first-order valence-electron chi connectivity index (χ1n) is 6.29. The van der Waals surface area contributed by atoms with Gasteiger partial charge in [-0.1, -0.05) is 48.5 Å². The fraction of sp³-hybridized carbons (Fsp3) is 0.0588. The van der Waals surface area contributed by atoms with Crippen LogP contribution in [0.15, 0.2) is 60.7 Å². The number of nitrogens with one attached hydrogen (secondary N) is 1. The number of rotatable bonds is 2. The molecule has 2 nitrogen and oxygen atoms in total. The van der Waals surface area contributed by atoms with Crippen LogP contribution in [0.2, 0.25) is 0 Å². The van der Waals surface area contributed by atoms with Gasteiger partial charge in [-0.15, -0.1) is 0 Å². The number of hydrogen-bond acceptors (Lipinski definition) is 2. The van der Waals surface area contributed by atoms with Gasteiger partial charge < -0.3 is 10.4 Å². The summed E-state index contributed by atoms with van der Waals surface area (Å²) in [5.74, 6) is 0.266. The van der Waals surface area contributed by atoms with E-state index in [1.165, 1.54) is 0 Å². The first-order chi connectivity index (χ1) is 9.25. The number of benzene rings is 3. The lowest BCUT2D eigenvalue weighted by Crippen LogP contribution is -1.94. The van der Waals surface area contributed by atoms with E-state index in [1.54, 1.807) is 6.07 Å². The molecule has 2 N–H and O–H groups in total. The maximum absolute atomic E-state index is 10.1. The molecule has 0 atom stereocenters. The summed E-state index contributed by atoms with van der Waals surface area (Å²) < 4.78 is 0. The van der Waals surface area contributed by atoms with E-state index in [0.717, 1.165) is 27.7 Å². The highest BCUT2D eigenvalue weighted by atomic mass is 16.3. The number of fused-ring (bicyclic) bond motifs is 1. The van der Waals surface area contributed by atoms with Gasteiger partial charge in [-0.05, 0) is 30.0 Å². The van der Waals surface area contributed by atoms with E-state index in [4.69, 9.17) is 0 Å². The zero-order valence-electron chi connectivity index (χ0n) is 10.7. The Labute approximate surface area is 112 Å². The molecule has 0 amide bonds. The van der Waals surface area contributed by atoms with Crippen molar-refractivity contribution in [3.63, 3.8) is 0 Å². The molecule has 0 radical (unpaired) electrons. The van der Waals surface area contributed by atoms with Gasteiger partial charge in [0.15, 0.2) is 0 Å². The monoisotopic (exact) mass is 249 g/mol. The molecule has 3 aromatic carbocycles. The van der Waals surface area contributed by atoms with Crippen LogP contribution in [0.5, 0.6) is 5.75 Å². The van der Waals surface area contributed by atoms with Crippen molar-refractivity contribution in [1.82, 2.24) is 0 Å². The highest BCUT2D eigenvalue weighted by Crippen LogP contribution is 2.35. The van der Waals surface area contributed by atoms with Crippen molar-refractivity contribution in [3.05, 3.63) is 66.2 Å². The molecule has 0 fully saturated rings. The maximum atomic E-state index is 10.1. The zero-order chi connectivity index (χ0) is 13.2. The third-order valence-corrected chi connectivity index (χ3v) is 3.31. The largest absolute Gasteiger partial charge is 0.506 e. The Morgan fingerprint density at radius 2 is 1.58 bits per heavy atom. The molecule has 94 valence electrons. The Kier molecular flexibility index (Phi) is 2.84. The van der Waals surface area contributed by atoms with Crippen molar-refractivity contribution in [2.45, 2.75) is 6.92 Å². The zero-order valence-corrected chi connectivity index (χ0v) is 10.7. The van der Waals surface area contributed by atoms with Gasteiger partial charge in [0.25, 0.3) is 0 Å². The summed E-state index contributed by atoms with van der Waals surface area (Å²) in [6.07, 6.45) is 0. The summed E-state index contributed by atoms with van der Waals surface area (Å²) in [6.45, 7) is 2.05. The highest BCUT2D eigenvalue weighted by Gasteiger charge is 2.07. The van der Waals surface area contributed by atoms with Crippen molar-refractivity contribution in [2.75, 3.05) is 5.32 Å². The van der Waals surface area contributed by atoms with Crippen molar-refractivity contribution in [2.24, 2.45) is 0 Å². The molecule has 0 bridgehead atoms. The lowest BCUT2D eigenvalue weighted by atomic mass is 10.1. The number of hydrogen-bond donors (Lipinski definition) is 2. The number of anilines is 2. The molecule has 2 heteroatoms. The maximum Gasteiger partial charge on any atom is 0.139 e. The summed E-state index contributed by atoms with van der Waals surface area (Å²) in [6, 6.07) is 19.7. The van der Waals surface area contributed by atoms with Gasteiger partial charge in [0.1, 0.15) is 5.75 Å². The molecule has 3 aromatic rings. The second-order valence-electron chi connectivity index (χ2n) is 4.62. The Bertz CT molecular complexity index is 734. The molecule has 0 spiro atoms. The number of aromatic hydroxyl groups is 1. The highest BCUT2D eigenvalue weighted by molar-refractivity contribution is 5.98. The molecule has 0 aliphatic rings. The fourth-order valence-corrected chi connectivity index (χ4v) is 2.24. The smallest absolute Gasteiger partial charge is 0.139 e. The van der Waals surface area contributed by atoms with E-state index in [1.807, 2.05) is 61.5 Å². The quantitative estimate of drug-likeness (QED) is 0.651. The molecule has 0 aliphatic carbocycles. The van der Waals surface area contributed by atoms with E-state index in [2.05, 4.69) is 5.32 Å². The van der Waals surface area contributed by atoms with Crippen LogP contribution in [-0.4, -0.2) is 5.11 Å². The molecule has 0 heterocycles.